The van der Waals surface area contributed by atoms with Gasteiger partial charge in [0.1, 0.15) is 0 Å². The van der Waals surface area contributed by atoms with Crippen molar-refractivity contribution in [3.8, 4) is 0 Å². The number of nitrogens with zero attached hydrogens (tertiary/aromatic N) is 1. The van der Waals surface area contributed by atoms with E-state index in [1.54, 1.807) is 11.8 Å². The van der Waals surface area contributed by atoms with E-state index in [4.69, 9.17) is 4.74 Å². The Morgan fingerprint density at radius 1 is 1.33 bits per heavy atom. The molecule has 1 aromatic rings. The largest absolute Gasteiger partial charge is 0.450 e. The van der Waals surface area contributed by atoms with Crippen LogP contribution in [0.2, 0.25) is 0 Å². The maximum absolute atomic E-state index is 12.1. The number of ether oxygens (including phenoxy) is 1. The van der Waals surface area contributed by atoms with E-state index in [0.717, 1.165) is 5.56 Å². The van der Waals surface area contributed by atoms with E-state index >= 15 is 0 Å². The number of hydrogen-bond acceptors (Lipinski definition) is 4. The molecule has 1 unspecified atom stereocenters. The molecule has 1 aromatic carbocycles. The Morgan fingerprint density at radius 2 is 2.05 bits per heavy atom. The van der Waals surface area contributed by atoms with Crippen LogP contribution in [0.3, 0.4) is 0 Å². The molecule has 1 heterocycles. The molecule has 0 bridgehead atoms. The number of hydrogen-bond donors (Lipinski definition) is 0. The first-order valence-electron chi connectivity index (χ1n) is 7.16. The van der Waals surface area contributed by atoms with Crippen LogP contribution < -0.4 is 0 Å². The van der Waals surface area contributed by atoms with Gasteiger partial charge in [-0.05, 0) is 24.8 Å². The molecule has 1 atom stereocenters. The lowest BCUT2D eigenvalue weighted by Crippen LogP contribution is -2.35. The first-order valence-corrected chi connectivity index (χ1v) is 8.98. The van der Waals surface area contributed by atoms with Crippen molar-refractivity contribution in [2.75, 3.05) is 24.7 Å². The van der Waals surface area contributed by atoms with Gasteiger partial charge in [-0.3, -0.25) is 0 Å². The smallest absolute Gasteiger partial charge is 0.410 e. The van der Waals surface area contributed by atoms with Crippen LogP contribution in [0.15, 0.2) is 30.3 Å². The third-order valence-corrected chi connectivity index (χ3v) is 5.38. The van der Waals surface area contributed by atoms with E-state index in [1.807, 2.05) is 30.3 Å². The molecular formula is C15H21NO4S. The van der Waals surface area contributed by atoms with Gasteiger partial charge >= 0.3 is 6.09 Å². The van der Waals surface area contributed by atoms with E-state index in [9.17, 15) is 13.2 Å². The second-order valence-corrected chi connectivity index (χ2v) is 7.56. The molecule has 1 fully saturated rings. The minimum absolute atomic E-state index is 0.00289. The molecule has 6 heteroatoms. The first-order chi connectivity index (χ1) is 10.00. The van der Waals surface area contributed by atoms with Gasteiger partial charge in [0, 0.05) is 13.1 Å². The van der Waals surface area contributed by atoms with Crippen molar-refractivity contribution in [3.63, 3.8) is 0 Å². The molecule has 0 saturated carbocycles. The molecule has 1 aliphatic heterocycles. The van der Waals surface area contributed by atoms with Gasteiger partial charge < -0.3 is 9.64 Å². The normalized spacial score (nSPS) is 20.1. The maximum Gasteiger partial charge on any atom is 0.410 e. The average Bonchev–Trinajstić information content (AvgIpc) is 2.79. The maximum atomic E-state index is 12.1. The Balaban J connectivity index is 2.04. The van der Waals surface area contributed by atoms with Crippen molar-refractivity contribution in [1.29, 1.82) is 0 Å². The molecule has 1 amide bonds. The summed E-state index contributed by atoms with van der Waals surface area (Å²) in [6, 6.07) is 9.63. The monoisotopic (exact) mass is 311 g/mol. The quantitative estimate of drug-likeness (QED) is 0.835. The lowest BCUT2D eigenvalue weighted by Gasteiger charge is -2.24. The summed E-state index contributed by atoms with van der Waals surface area (Å²) in [4.78, 5) is 13.7. The SMILES string of the molecule is CCOC(=O)N(Cc1ccccc1)CC1CCS(=O)(=O)C1. The summed E-state index contributed by atoms with van der Waals surface area (Å²) in [7, 11) is -2.93. The van der Waals surface area contributed by atoms with Gasteiger partial charge in [0.05, 0.1) is 18.1 Å². The summed E-state index contributed by atoms with van der Waals surface area (Å²) in [6.07, 6.45) is 0.234. The van der Waals surface area contributed by atoms with E-state index in [1.165, 1.54) is 0 Å². The van der Waals surface area contributed by atoms with Crippen LogP contribution >= 0.6 is 0 Å². The van der Waals surface area contributed by atoms with E-state index in [0.29, 0.717) is 26.1 Å². The fourth-order valence-corrected chi connectivity index (χ4v) is 4.40. The summed E-state index contributed by atoms with van der Waals surface area (Å²) >= 11 is 0. The molecule has 1 aliphatic rings. The molecule has 21 heavy (non-hydrogen) atoms. The number of rotatable bonds is 5. The third-order valence-electron chi connectivity index (χ3n) is 3.55. The van der Waals surface area contributed by atoms with E-state index in [-0.39, 0.29) is 23.5 Å². The van der Waals surface area contributed by atoms with Crippen LogP contribution in [-0.4, -0.2) is 44.1 Å². The van der Waals surface area contributed by atoms with Gasteiger partial charge in [0.25, 0.3) is 0 Å². The molecule has 2 rings (SSSR count). The van der Waals surface area contributed by atoms with Crippen LogP contribution in [0.4, 0.5) is 4.79 Å². The van der Waals surface area contributed by atoms with Gasteiger partial charge in [-0.25, -0.2) is 13.2 Å². The topological polar surface area (TPSA) is 63.7 Å². The zero-order valence-electron chi connectivity index (χ0n) is 12.2. The van der Waals surface area contributed by atoms with Crippen LogP contribution in [0.1, 0.15) is 18.9 Å². The first kappa shape index (κ1) is 15.8. The van der Waals surface area contributed by atoms with Crippen LogP contribution in [0, 0.1) is 5.92 Å². The van der Waals surface area contributed by atoms with Crippen molar-refractivity contribution in [3.05, 3.63) is 35.9 Å². The van der Waals surface area contributed by atoms with Gasteiger partial charge in [-0.2, -0.15) is 0 Å². The number of benzene rings is 1. The standard InChI is InChI=1S/C15H21NO4S/c1-2-20-15(17)16(10-13-6-4-3-5-7-13)11-14-8-9-21(18,19)12-14/h3-7,14H,2,8-12H2,1H3. The second-order valence-electron chi connectivity index (χ2n) is 5.33. The van der Waals surface area contributed by atoms with Gasteiger partial charge in [-0.1, -0.05) is 30.3 Å². The highest BCUT2D eigenvalue weighted by Crippen LogP contribution is 2.21. The fraction of sp³-hybridized carbons (Fsp3) is 0.533. The minimum Gasteiger partial charge on any atom is -0.450 e. The summed E-state index contributed by atoms with van der Waals surface area (Å²) in [6.45, 7) is 2.94. The van der Waals surface area contributed by atoms with Gasteiger partial charge in [0.15, 0.2) is 9.84 Å². The van der Waals surface area contributed by atoms with E-state index in [2.05, 4.69) is 0 Å². The van der Waals surface area contributed by atoms with Crippen molar-refractivity contribution < 1.29 is 17.9 Å². The summed E-state index contributed by atoms with van der Waals surface area (Å²) < 4.78 is 28.2. The highest BCUT2D eigenvalue weighted by atomic mass is 32.2. The number of sulfone groups is 1. The highest BCUT2D eigenvalue weighted by Gasteiger charge is 2.30. The molecule has 0 aromatic heterocycles. The lowest BCUT2D eigenvalue weighted by molar-refractivity contribution is 0.0991. The Hall–Kier alpha value is -1.56. The number of carbonyl (C=O) groups excluding carboxylic acids is 1. The summed E-state index contributed by atoms with van der Waals surface area (Å²) in [5.41, 5.74) is 1.01. The zero-order chi connectivity index (χ0) is 15.3. The predicted molar refractivity (Wildman–Crippen MR) is 80.6 cm³/mol. The Morgan fingerprint density at radius 3 is 2.62 bits per heavy atom. The van der Waals surface area contributed by atoms with Crippen LogP contribution in [0.5, 0.6) is 0 Å². The second kappa shape index (κ2) is 6.93. The molecule has 0 N–H and O–H groups in total. The molecule has 0 radical (unpaired) electrons. The highest BCUT2D eigenvalue weighted by molar-refractivity contribution is 7.91. The van der Waals surface area contributed by atoms with E-state index < -0.39 is 9.84 Å². The zero-order valence-corrected chi connectivity index (χ0v) is 13.0. The molecular weight excluding hydrogens is 290 g/mol. The van der Waals surface area contributed by atoms with Crippen molar-refractivity contribution in [2.24, 2.45) is 5.92 Å². The molecule has 116 valence electrons. The lowest BCUT2D eigenvalue weighted by atomic mass is 10.1. The van der Waals surface area contributed by atoms with Gasteiger partial charge in [0.2, 0.25) is 0 Å². The average molecular weight is 311 g/mol. The van der Waals surface area contributed by atoms with Crippen molar-refractivity contribution in [2.45, 2.75) is 19.9 Å². The molecule has 1 saturated heterocycles. The molecule has 5 nitrogen and oxygen atoms in total. The Kier molecular flexibility index (Phi) is 5.22. The number of amides is 1. The summed E-state index contributed by atoms with van der Waals surface area (Å²) in [5, 5.41) is 0. The summed E-state index contributed by atoms with van der Waals surface area (Å²) in [5.74, 6) is 0.389. The fourth-order valence-electron chi connectivity index (χ4n) is 2.55. The molecule has 0 spiro atoms. The van der Waals surface area contributed by atoms with Crippen LogP contribution in [-0.2, 0) is 21.1 Å². The Labute approximate surface area is 125 Å². The van der Waals surface area contributed by atoms with Gasteiger partial charge in [-0.15, -0.1) is 0 Å². The van der Waals surface area contributed by atoms with Crippen molar-refractivity contribution in [1.82, 2.24) is 4.90 Å². The van der Waals surface area contributed by atoms with Crippen molar-refractivity contribution >= 4 is 15.9 Å². The third kappa shape index (κ3) is 4.74. The Bertz CT molecular complexity index is 571. The molecule has 0 aliphatic carbocycles. The van der Waals surface area contributed by atoms with Crippen LogP contribution in [0.25, 0.3) is 0 Å². The minimum atomic E-state index is -2.93. The predicted octanol–water partition coefficient (Wildman–Crippen LogP) is 2.08. The number of carbonyl (C=O) groups is 1.